The van der Waals surface area contributed by atoms with Crippen LogP contribution in [0.4, 0.5) is 0 Å². The molecule has 1 saturated heterocycles. The first-order valence-electron chi connectivity index (χ1n) is 11.5. The van der Waals surface area contributed by atoms with Crippen LogP contribution in [0, 0.1) is 13.8 Å². The molecule has 0 spiro atoms. The van der Waals surface area contributed by atoms with Crippen LogP contribution in [-0.4, -0.2) is 65.0 Å². The molecule has 7 nitrogen and oxygen atoms in total. The van der Waals surface area contributed by atoms with Crippen molar-refractivity contribution in [3.05, 3.63) is 64.2 Å². The number of aliphatic hydroxyl groups is 1. The number of carbonyl (C=O) groups is 2. The number of aryl methyl sites for hydroxylation is 2. The van der Waals surface area contributed by atoms with E-state index in [1.165, 1.54) is 4.90 Å². The summed E-state index contributed by atoms with van der Waals surface area (Å²) in [7, 11) is 3.89. The van der Waals surface area contributed by atoms with E-state index in [1.54, 1.807) is 36.4 Å². The Labute approximate surface area is 201 Å². The molecule has 1 aliphatic rings. The molecule has 0 radical (unpaired) electrons. The molecule has 182 valence electrons. The van der Waals surface area contributed by atoms with Gasteiger partial charge in [0, 0.05) is 6.54 Å². The summed E-state index contributed by atoms with van der Waals surface area (Å²) < 4.78 is 5.73. The van der Waals surface area contributed by atoms with E-state index in [-0.39, 0.29) is 28.7 Å². The molecule has 34 heavy (non-hydrogen) atoms. The minimum atomic E-state index is -0.767. The van der Waals surface area contributed by atoms with Gasteiger partial charge in [0.25, 0.3) is 11.7 Å². The summed E-state index contributed by atoms with van der Waals surface area (Å²) in [5, 5.41) is 21.7. The van der Waals surface area contributed by atoms with Gasteiger partial charge in [0.05, 0.1) is 23.3 Å². The maximum absolute atomic E-state index is 13.2. The molecule has 1 amide bonds. The highest BCUT2D eigenvalue weighted by molar-refractivity contribution is 6.46. The minimum absolute atomic E-state index is 0.00951. The van der Waals surface area contributed by atoms with Crippen molar-refractivity contribution in [3.63, 3.8) is 0 Å². The molecular weight excluding hydrogens is 432 g/mol. The van der Waals surface area contributed by atoms with Gasteiger partial charge in [-0.25, -0.2) is 0 Å². The van der Waals surface area contributed by atoms with Crippen molar-refractivity contribution in [2.24, 2.45) is 0 Å². The fraction of sp³-hybridized carbons (Fsp3) is 0.407. The molecule has 2 N–H and O–H groups in total. The summed E-state index contributed by atoms with van der Waals surface area (Å²) in [5.41, 5.74) is 2.51. The maximum Gasteiger partial charge on any atom is 0.295 e. The third kappa shape index (κ3) is 5.25. The van der Waals surface area contributed by atoms with Crippen LogP contribution in [0.1, 0.15) is 48.6 Å². The highest BCUT2D eigenvalue weighted by Crippen LogP contribution is 2.41. The summed E-state index contributed by atoms with van der Waals surface area (Å²) in [6, 6.07) is 9.62. The van der Waals surface area contributed by atoms with E-state index < -0.39 is 17.7 Å². The van der Waals surface area contributed by atoms with Crippen molar-refractivity contribution >= 4 is 17.4 Å². The van der Waals surface area contributed by atoms with Crippen LogP contribution in [0.25, 0.3) is 5.76 Å². The molecule has 3 rings (SSSR count). The first-order chi connectivity index (χ1) is 16.0. The van der Waals surface area contributed by atoms with Crippen molar-refractivity contribution in [1.29, 1.82) is 0 Å². The Hall–Kier alpha value is -3.32. The molecule has 0 aliphatic carbocycles. The molecule has 1 unspecified atom stereocenters. The number of nitrogens with zero attached hydrogens (tertiary/aromatic N) is 2. The van der Waals surface area contributed by atoms with E-state index in [0.717, 1.165) is 17.7 Å². The van der Waals surface area contributed by atoms with Gasteiger partial charge in [-0.15, -0.1) is 0 Å². The van der Waals surface area contributed by atoms with Crippen LogP contribution in [0.3, 0.4) is 0 Å². The molecule has 2 aromatic carbocycles. The average molecular weight is 467 g/mol. The smallest absolute Gasteiger partial charge is 0.295 e. The topological polar surface area (TPSA) is 90.3 Å². The Balaban J connectivity index is 2.12. The van der Waals surface area contributed by atoms with E-state index in [4.69, 9.17) is 4.74 Å². The fourth-order valence-electron chi connectivity index (χ4n) is 4.15. The first-order valence-corrected chi connectivity index (χ1v) is 11.5. The summed E-state index contributed by atoms with van der Waals surface area (Å²) in [5.74, 6) is -1.25. The van der Waals surface area contributed by atoms with Gasteiger partial charge in [0.1, 0.15) is 17.3 Å². The monoisotopic (exact) mass is 466 g/mol. The highest BCUT2D eigenvalue weighted by Gasteiger charge is 2.46. The number of benzene rings is 2. The van der Waals surface area contributed by atoms with Crippen molar-refractivity contribution in [1.82, 2.24) is 9.80 Å². The van der Waals surface area contributed by atoms with Gasteiger partial charge in [0.15, 0.2) is 0 Å². The molecule has 2 aromatic rings. The summed E-state index contributed by atoms with van der Waals surface area (Å²) in [4.78, 5) is 29.7. The van der Waals surface area contributed by atoms with Crippen LogP contribution in [0.2, 0.25) is 0 Å². The summed E-state index contributed by atoms with van der Waals surface area (Å²) >= 11 is 0. The zero-order chi connectivity index (χ0) is 25.2. The first kappa shape index (κ1) is 25.3. The van der Waals surface area contributed by atoms with Crippen LogP contribution in [0.5, 0.6) is 11.5 Å². The van der Waals surface area contributed by atoms with Crippen LogP contribution in [0.15, 0.2) is 42.0 Å². The van der Waals surface area contributed by atoms with Gasteiger partial charge in [-0.3, -0.25) is 9.59 Å². The minimum Gasteiger partial charge on any atom is -0.507 e. The summed E-state index contributed by atoms with van der Waals surface area (Å²) in [6.07, 6.45) is 0.676. The van der Waals surface area contributed by atoms with Gasteiger partial charge in [-0.2, -0.15) is 0 Å². The van der Waals surface area contributed by atoms with E-state index in [9.17, 15) is 19.8 Å². The average Bonchev–Trinajstić information content (AvgIpc) is 3.01. The lowest BCUT2D eigenvalue weighted by molar-refractivity contribution is -0.139. The molecule has 1 aliphatic heterocycles. The van der Waals surface area contributed by atoms with E-state index in [2.05, 4.69) is 0 Å². The molecule has 0 aromatic heterocycles. The van der Waals surface area contributed by atoms with Crippen molar-refractivity contribution < 1.29 is 24.5 Å². The Morgan fingerprint density at radius 1 is 1.09 bits per heavy atom. The van der Waals surface area contributed by atoms with E-state index >= 15 is 0 Å². The number of aromatic hydroxyl groups is 1. The Morgan fingerprint density at radius 3 is 2.29 bits per heavy atom. The van der Waals surface area contributed by atoms with Gasteiger partial charge in [-0.05, 0) is 95.7 Å². The lowest BCUT2D eigenvalue weighted by Crippen LogP contribution is -2.32. The SMILES string of the molecule is Cc1cc(O)c(/C(O)=C2\C(=O)C(=O)N(CCCN(C)C)C2c2ccc(OC(C)C)cc2)cc1C. The molecular formula is C27H34N2O5. The van der Waals surface area contributed by atoms with Crippen LogP contribution in [-0.2, 0) is 9.59 Å². The molecule has 1 heterocycles. The van der Waals surface area contributed by atoms with Gasteiger partial charge < -0.3 is 24.7 Å². The second-order valence-electron chi connectivity index (χ2n) is 9.34. The number of rotatable bonds is 8. The lowest BCUT2D eigenvalue weighted by atomic mass is 9.93. The predicted molar refractivity (Wildman–Crippen MR) is 132 cm³/mol. The second-order valence-corrected chi connectivity index (χ2v) is 9.34. The number of phenolic OH excluding ortho intramolecular Hbond substituents is 1. The Bertz CT molecular complexity index is 1100. The normalized spacial score (nSPS) is 17.8. The van der Waals surface area contributed by atoms with Gasteiger partial charge in [-0.1, -0.05) is 12.1 Å². The zero-order valence-electron chi connectivity index (χ0n) is 20.8. The van der Waals surface area contributed by atoms with Crippen LogP contribution < -0.4 is 4.74 Å². The molecule has 7 heteroatoms. The van der Waals surface area contributed by atoms with Gasteiger partial charge in [0.2, 0.25) is 0 Å². The maximum atomic E-state index is 13.2. The van der Waals surface area contributed by atoms with Crippen LogP contribution >= 0.6 is 0 Å². The Kier molecular flexibility index (Phi) is 7.67. The number of hydrogen-bond donors (Lipinski definition) is 2. The third-order valence-corrected chi connectivity index (χ3v) is 5.98. The molecule has 0 saturated carbocycles. The number of amides is 1. The van der Waals surface area contributed by atoms with Gasteiger partial charge >= 0.3 is 0 Å². The number of Topliss-reactive ketones (excluding diaryl/α,β-unsaturated/α-hetero) is 1. The standard InChI is InChI=1S/C27H34N2O5/c1-16(2)34-20-10-8-19(9-11-20)24-23(25(31)21-14-17(3)18(4)15-22(21)30)26(32)27(33)29(24)13-7-12-28(5)6/h8-11,14-16,24,30-31H,7,12-13H2,1-6H3/b25-23+. The summed E-state index contributed by atoms with van der Waals surface area (Å²) in [6.45, 7) is 8.68. The number of ether oxygens (including phenoxy) is 1. The number of ketones is 1. The molecule has 1 fully saturated rings. The number of likely N-dealkylation sites (tertiary alicyclic amines) is 1. The largest absolute Gasteiger partial charge is 0.507 e. The lowest BCUT2D eigenvalue weighted by Gasteiger charge is -2.26. The highest BCUT2D eigenvalue weighted by atomic mass is 16.5. The second kappa shape index (κ2) is 10.3. The third-order valence-electron chi connectivity index (χ3n) is 5.98. The van der Waals surface area contributed by atoms with Crippen molar-refractivity contribution in [3.8, 4) is 11.5 Å². The van der Waals surface area contributed by atoms with E-state index in [0.29, 0.717) is 24.3 Å². The Morgan fingerprint density at radius 2 is 1.71 bits per heavy atom. The van der Waals surface area contributed by atoms with E-state index in [1.807, 2.05) is 46.7 Å². The number of phenols is 1. The number of aliphatic hydroxyl groups excluding tert-OH is 1. The predicted octanol–water partition coefficient (Wildman–Crippen LogP) is 4.17. The number of hydrogen-bond acceptors (Lipinski definition) is 6. The quantitative estimate of drug-likeness (QED) is 0.345. The number of carbonyl (C=O) groups excluding carboxylic acids is 2. The van der Waals surface area contributed by atoms with Crippen molar-refractivity contribution in [2.45, 2.75) is 46.3 Å². The fourth-order valence-corrected chi connectivity index (χ4v) is 4.15. The van der Waals surface area contributed by atoms with Crippen molar-refractivity contribution in [2.75, 3.05) is 27.2 Å². The zero-order valence-corrected chi connectivity index (χ0v) is 20.8. The molecule has 0 bridgehead atoms. The molecule has 1 atom stereocenters.